The van der Waals surface area contributed by atoms with E-state index >= 15 is 0 Å². The lowest BCUT2D eigenvalue weighted by atomic mass is 9.81. The van der Waals surface area contributed by atoms with Crippen molar-refractivity contribution in [3.63, 3.8) is 0 Å². The molecule has 0 bridgehead atoms. The predicted octanol–water partition coefficient (Wildman–Crippen LogP) is 0.744. The molecule has 3 fully saturated rings. The fraction of sp³-hybridized carbons (Fsp3) is 0.675. The molecule has 4 rings (SSSR count). The van der Waals surface area contributed by atoms with Crippen LogP contribution in [0.2, 0.25) is 0 Å². The van der Waals surface area contributed by atoms with Gasteiger partial charge in [0.25, 0.3) is 11.8 Å². The molecular formula is C40H59N9O11. The molecule has 0 radical (unpaired) electrons. The number of amides is 7. The van der Waals surface area contributed by atoms with Crippen molar-refractivity contribution in [3.05, 3.63) is 38.3 Å². The Labute approximate surface area is 347 Å². The topological polar surface area (TPSA) is 316 Å². The minimum absolute atomic E-state index is 0.110. The molecule has 2 heterocycles. The molecule has 1 aliphatic heterocycles. The minimum Gasteiger partial charge on any atom is -0.368 e. The molecule has 2 saturated carbocycles. The quantitative estimate of drug-likeness (QED) is 0.0652. The number of aromatic amines is 1. The molecule has 2 aliphatic carbocycles. The molecular weight excluding hydrogens is 782 g/mol. The number of pyridine rings is 1. The monoisotopic (exact) mass is 841 g/mol. The van der Waals surface area contributed by atoms with Crippen LogP contribution in [0.25, 0.3) is 0 Å². The highest BCUT2D eigenvalue weighted by Crippen LogP contribution is 2.30. The molecule has 3 aliphatic rings. The van der Waals surface area contributed by atoms with Crippen molar-refractivity contribution in [2.24, 2.45) is 28.7 Å². The number of nitrogens with zero attached hydrogens (tertiary/aromatic N) is 2. The second kappa shape index (κ2) is 21.0. The van der Waals surface area contributed by atoms with Gasteiger partial charge < -0.3 is 42.6 Å². The number of aromatic nitrogens is 1. The average molecular weight is 842 g/mol. The number of Topliss-reactive ketones (excluding diaryl/α,β-unsaturated/α-hetero) is 1. The molecule has 9 N–H and O–H groups in total. The minimum atomic E-state index is -1.59. The van der Waals surface area contributed by atoms with Crippen molar-refractivity contribution < 1.29 is 43.3 Å². The third-order valence-electron chi connectivity index (χ3n) is 11.8. The second-order valence-electron chi connectivity index (χ2n) is 17.2. The molecule has 20 heteroatoms. The first-order valence-electron chi connectivity index (χ1n) is 20.8. The van der Waals surface area contributed by atoms with Gasteiger partial charge in [0, 0.05) is 25.2 Å². The van der Waals surface area contributed by atoms with Gasteiger partial charge in [0.2, 0.25) is 35.3 Å². The smallest absolute Gasteiger partial charge is 0.334 e. The van der Waals surface area contributed by atoms with Gasteiger partial charge in [0.15, 0.2) is 0 Å². The number of nitro groups is 1. The molecule has 20 nitrogen and oxygen atoms in total. The van der Waals surface area contributed by atoms with E-state index in [0.29, 0.717) is 31.7 Å². The van der Waals surface area contributed by atoms with Gasteiger partial charge in [-0.15, -0.1) is 0 Å². The Morgan fingerprint density at radius 1 is 0.817 bits per heavy atom. The van der Waals surface area contributed by atoms with Crippen LogP contribution in [0.3, 0.4) is 0 Å². The number of likely N-dealkylation sites (tertiary alicyclic amines) is 1. The number of carbonyl (C=O) groups is 8. The SMILES string of the molecule is CC(C)(C)[C@H](NC(=O)[C@H](CCC(=O)C(N)=O)NC(=O)c1c[nH]c(=O)c([N+](=O)[O-])c1)C(=O)N1CCCCC1C(=O)N[C@H](C(=O)N[C@H](C(N)=O)C1CCCCC1)C1CCCCC1. The lowest BCUT2D eigenvalue weighted by molar-refractivity contribution is -0.386. The maximum Gasteiger partial charge on any atom is 0.334 e. The summed E-state index contributed by atoms with van der Waals surface area (Å²) in [7, 11) is 0. The zero-order valence-corrected chi connectivity index (χ0v) is 34.5. The van der Waals surface area contributed by atoms with Crippen molar-refractivity contribution in [1.82, 2.24) is 31.2 Å². The highest BCUT2D eigenvalue weighted by molar-refractivity contribution is 6.35. The van der Waals surface area contributed by atoms with Crippen LogP contribution in [-0.2, 0) is 33.6 Å². The number of piperidine rings is 1. The van der Waals surface area contributed by atoms with E-state index in [0.717, 1.165) is 57.6 Å². The normalized spacial score (nSPS) is 19.7. The Hall–Kier alpha value is -5.69. The lowest BCUT2D eigenvalue weighted by Gasteiger charge is -2.41. The van der Waals surface area contributed by atoms with Gasteiger partial charge in [-0.3, -0.25) is 53.3 Å². The fourth-order valence-corrected chi connectivity index (χ4v) is 8.42. The molecule has 0 aromatic carbocycles. The third-order valence-corrected chi connectivity index (χ3v) is 11.8. The van der Waals surface area contributed by atoms with E-state index in [1.165, 1.54) is 4.90 Å². The molecule has 7 amide bonds. The van der Waals surface area contributed by atoms with Crippen molar-refractivity contribution in [3.8, 4) is 0 Å². The molecule has 0 spiro atoms. The first-order chi connectivity index (χ1) is 28.3. The molecule has 1 unspecified atom stereocenters. The van der Waals surface area contributed by atoms with E-state index in [1.54, 1.807) is 20.8 Å². The number of nitrogens with one attached hydrogen (secondary N) is 5. The van der Waals surface area contributed by atoms with E-state index < -0.39 is 117 Å². The fourth-order valence-electron chi connectivity index (χ4n) is 8.42. The van der Waals surface area contributed by atoms with E-state index in [4.69, 9.17) is 11.5 Å². The number of primary amides is 2. The van der Waals surface area contributed by atoms with Crippen LogP contribution in [0.4, 0.5) is 5.69 Å². The predicted molar refractivity (Wildman–Crippen MR) is 215 cm³/mol. The zero-order chi connectivity index (χ0) is 44.3. The molecule has 1 saturated heterocycles. The number of ketones is 1. The molecule has 1 aromatic heterocycles. The Morgan fingerprint density at radius 2 is 1.40 bits per heavy atom. The van der Waals surface area contributed by atoms with Gasteiger partial charge in [-0.2, -0.15) is 0 Å². The number of hydrogen-bond acceptors (Lipinski definition) is 11. The summed E-state index contributed by atoms with van der Waals surface area (Å²) in [5, 5.41) is 22.2. The summed E-state index contributed by atoms with van der Waals surface area (Å²) in [6.07, 6.45) is 9.65. The summed E-state index contributed by atoms with van der Waals surface area (Å²) in [6.45, 7) is 5.15. The van der Waals surface area contributed by atoms with Crippen LogP contribution in [0.15, 0.2) is 17.1 Å². The van der Waals surface area contributed by atoms with Crippen LogP contribution in [0.5, 0.6) is 0 Å². The van der Waals surface area contributed by atoms with E-state index in [-0.39, 0.29) is 24.8 Å². The summed E-state index contributed by atoms with van der Waals surface area (Å²) in [4.78, 5) is 132. The van der Waals surface area contributed by atoms with E-state index in [2.05, 4.69) is 26.3 Å². The standard InChI is InChI=1S/C40H59N9O11/c1-40(2,3)31(47-35(54)25(17-18-28(50)32(41)51)44-34(53)24-20-27(49(59)60)36(55)43-21-24)39(58)48-19-11-10-16-26(48)37(56)46-30(23-14-8-5-9-15-23)38(57)45-29(33(42)52)22-12-6-4-7-13-22/h20-23,25-26,29-31H,4-19H2,1-3H3,(H2,41,51)(H2,42,52)(H,43,55)(H,44,53)(H,45,57)(H,46,56)(H,47,54)/t25-,26?,29-,30-,31+/m0/s1. The van der Waals surface area contributed by atoms with Gasteiger partial charge in [0.1, 0.15) is 30.2 Å². The van der Waals surface area contributed by atoms with Crippen LogP contribution < -0.4 is 38.3 Å². The van der Waals surface area contributed by atoms with Crippen LogP contribution in [-0.4, -0.2) is 98.7 Å². The number of nitrogens with two attached hydrogens (primary N) is 2. The summed E-state index contributed by atoms with van der Waals surface area (Å²) in [5.41, 5.74) is 7.48. The van der Waals surface area contributed by atoms with Gasteiger partial charge in [-0.25, -0.2) is 0 Å². The lowest BCUT2D eigenvalue weighted by Crippen LogP contribution is -2.64. The summed E-state index contributed by atoms with van der Waals surface area (Å²) < 4.78 is 0. The van der Waals surface area contributed by atoms with Crippen molar-refractivity contribution in [1.29, 1.82) is 0 Å². The van der Waals surface area contributed by atoms with Crippen molar-refractivity contribution in [2.75, 3.05) is 6.54 Å². The Kier molecular flexibility index (Phi) is 16.5. The average Bonchev–Trinajstić information content (AvgIpc) is 3.21. The second-order valence-corrected chi connectivity index (χ2v) is 17.2. The summed E-state index contributed by atoms with van der Waals surface area (Å²) in [6, 6.07) is -5.10. The number of H-pyrrole nitrogens is 1. The number of rotatable bonds is 17. The first-order valence-corrected chi connectivity index (χ1v) is 20.8. The van der Waals surface area contributed by atoms with Crippen LogP contribution >= 0.6 is 0 Å². The van der Waals surface area contributed by atoms with Gasteiger partial charge in [-0.1, -0.05) is 59.3 Å². The third kappa shape index (κ3) is 12.4. The maximum atomic E-state index is 14.6. The van der Waals surface area contributed by atoms with Gasteiger partial charge >= 0.3 is 11.2 Å². The van der Waals surface area contributed by atoms with Gasteiger partial charge in [-0.05, 0) is 68.6 Å². The Balaban J connectivity index is 1.57. The zero-order valence-electron chi connectivity index (χ0n) is 34.5. The molecule has 60 heavy (non-hydrogen) atoms. The number of carbonyl (C=O) groups excluding carboxylic acids is 8. The highest BCUT2D eigenvalue weighted by atomic mass is 16.6. The van der Waals surface area contributed by atoms with E-state index in [1.807, 2.05) is 0 Å². The summed E-state index contributed by atoms with van der Waals surface area (Å²) >= 11 is 0. The van der Waals surface area contributed by atoms with Crippen molar-refractivity contribution in [2.45, 2.75) is 147 Å². The van der Waals surface area contributed by atoms with Crippen LogP contribution in [0.1, 0.15) is 127 Å². The molecule has 5 atom stereocenters. The van der Waals surface area contributed by atoms with Gasteiger partial charge in [0.05, 0.1) is 10.5 Å². The summed E-state index contributed by atoms with van der Waals surface area (Å²) in [5.74, 6) is -7.00. The molecule has 330 valence electrons. The molecule has 1 aromatic rings. The largest absolute Gasteiger partial charge is 0.368 e. The number of hydrogen-bond donors (Lipinski definition) is 7. The van der Waals surface area contributed by atoms with Crippen LogP contribution in [0, 0.1) is 27.4 Å². The highest BCUT2D eigenvalue weighted by Gasteiger charge is 2.44. The Morgan fingerprint density at radius 3 is 1.95 bits per heavy atom. The Bertz CT molecular complexity index is 1860. The van der Waals surface area contributed by atoms with Crippen molar-refractivity contribution >= 4 is 52.8 Å². The first kappa shape index (κ1) is 47.0. The van der Waals surface area contributed by atoms with E-state index in [9.17, 15) is 53.3 Å². The maximum absolute atomic E-state index is 14.6.